The van der Waals surface area contributed by atoms with Crippen molar-refractivity contribution < 1.29 is 4.74 Å². The monoisotopic (exact) mass is 438 g/mol. The minimum absolute atomic E-state index is 0.459. The van der Waals surface area contributed by atoms with Gasteiger partial charge in [0.1, 0.15) is 11.6 Å². The van der Waals surface area contributed by atoms with Gasteiger partial charge < -0.3 is 25.2 Å². The van der Waals surface area contributed by atoms with Crippen LogP contribution in [0.3, 0.4) is 0 Å². The number of rotatable bonds is 4. The van der Waals surface area contributed by atoms with Crippen LogP contribution in [0.1, 0.15) is 36.8 Å². The Morgan fingerprint density at radius 2 is 1.68 bits per heavy atom. The molecule has 2 aromatic rings. The number of hydrogen-bond donors (Lipinski definition) is 2. The maximum absolute atomic E-state index is 5.57. The van der Waals surface area contributed by atoms with Crippen LogP contribution in [0.5, 0.6) is 0 Å². The maximum atomic E-state index is 5.57. The van der Waals surface area contributed by atoms with Crippen molar-refractivity contribution in [2.24, 2.45) is 0 Å². The molecule has 0 atom stereocenters. The van der Waals surface area contributed by atoms with Gasteiger partial charge in [-0.3, -0.25) is 0 Å². The number of nitrogens with zero attached hydrogens (tertiary/aromatic N) is 4. The van der Waals surface area contributed by atoms with Crippen molar-refractivity contribution in [3.63, 3.8) is 0 Å². The first-order valence-electron chi connectivity index (χ1n) is 11.4. The highest BCUT2D eigenvalue weighted by Crippen LogP contribution is 2.27. The van der Waals surface area contributed by atoms with Crippen LogP contribution in [0.2, 0.25) is 0 Å². The van der Waals surface area contributed by atoms with Gasteiger partial charge >= 0.3 is 0 Å². The van der Waals surface area contributed by atoms with Crippen LogP contribution < -0.4 is 20.4 Å². The van der Waals surface area contributed by atoms with Crippen molar-refractivity contribution in [2.45, 2.75) is 44.7 Å². The Kier molecular flexibility index (Phi) is 6.18. The van der Waals surface area contributed by atoms with E-state index in [0.29, 0.717) is 17.1 Å². The topological polar surface area (TPSA) is 65.5 Å². The van der Waals surface area contributed by atoms with E-state index in [4.69, 9.17) is 26.9 Å². The fourth-order valence-electron chi connectivity index (χ4n) is 4.68. The third-order valence-electron chi connectivity index (χ3n) is 6.40. The van der Waals surface area contributed by atoms with E-state index < -0.39 is 0 Å². The van der Waals surface area contributed by atoms with Crippen molar-refractivity contribution in [2.75, 3.05) is 48.0 Å². The van der Waals surface area contributed by atoms with Gasteiger partial charge in [0.15, 0.2) is 5.11 Å². The number of aromatic nitrogens is 2. The number of ether oxygens (including phenoxy) is 1. The summed E-state index contributed by atoms with van der Waals surface area (Å²) in [6, 6.07) is 11.2. The third-order valence-corrected chi connectivity index (χ3v) is 6.62. The third kappa shape index (κ3) is 4.91. The highest BCUT2D eigenvalue weighted by atomic mass is 32.1. The molecule has 2 fully saturated rings. The van der Waals surface area contributed by atoms with E-state index >= 15 is 0 Å². The molecule has 8 heteroatoms. The van der Waals surface area contributed by atoms with E-state index in [9.17, 15) is 0 Å². The molecule has 1 saturated carbocycles. The van der Waals surface area contributed by atoms with Crippen LogP contribution in [0.25, 0.3) is 0 Å². The molecule has 0 radical (unpaired) electrons. The van der Waals surface area contributed by atoms with Crippen LogP contribution >= 0.6 is 12.2 Å². The second kappa shape index (κ2) is 9.36. The second-order valence-corrected chi connectivity index (χ2v) is 8.94. The maximum Gasteiger partial charge on any atom is 0.232 e. The molecule has 0 bridgehead atoms. The molecule has 0 unspecified atom stereocenters. The molecule has 2 N–H and O–H groups in total. The zero-order valence-electron chi connectivity index (χ0n) is 17.8. The molecule has 1 aromatic carbocycles. The Morgan fingerprint density at radius 3 is 2.45 bits per heavy atom. The summed E-state index contributed by atoms with van der Waals surface area (Å²) in [5, 5.41) is 7.30. The summed E-state index contributed by atoms with van der Waals surface area (Å²) in [6.45, 7) is 4.93. The number of morpholine rings is 1. The summed E-state index contributed by atoms with van der Waals surface area (Å²) in [7, 11) is 0. The number of hydrogen-bond acceptors (Lipinski definition) is 6. The fraction of sp³-hybridized carbons (Fsp3) is 0.522. The van der Waals surface area contributed by atoms with Crippen LogP contribution in [0.4, 0.5) is 17.6 Å². The Labute approximate surface area is 189 Å². The smallest absolute Gasteiger partial charge is 0.232 e. The first-order chi connectivity index (χ1) is 15.2. The SMILES string of the molecule is S=C(Nc1nc(N2CCOCC2)cc(N2CCc3ccccc3C2)n1)NC1CCCC1. The lowest BCUT2D eigenvalue weighted by atomic mass is 10.00. The molecule has 1 saturated heterocycles. The minimum atomic E-state index is 0.459. The summed E-state index contributed by atoms with van der Waals surface area (Å²) in [4.78, 5) is 14.3. The minimum Gasteiger partial charge on any atom is -0.378 e. The molecule has 1 aliphatic carbocycles. The van der Waals surface area contributed by atoms with E-state index in [2.05, 4.69) is 50.8 Å². The van der Waals surface area contributed by atoms with Crippen molar-refractivity contribution in [1.29, 1.82) is 0 Å². The summed E-state index contributed by atoms with van der Waals surface area (Å²) in [6.07, 6.45) is 5.91. The van der Waals surface area contributed by atoms with Gasteiger partial charge in [0, 0.05) is 38.3 Å². The standard InChI is InChI=1S/C23H30N6OS/c31-23(24-19-7-3-4-8-19)27-22-25-20(28-11-13-30-14-12-28)15-21(26-22)29-10-9-17-5-1-2-6-18(17)16-29/h1-2,5-6,15,19H,3-4,7-14,16H2,(H2,24,25,26,27,31). The lowest BCUT2D eigenvalue weighted by Gasteiger charge is -2.32. The van der Waals surface area contributed by atoms with Crippen molar-refractivity contribution >= 4 is 34.9 Å². The van der Waals surface area contributed by atoms with Crippen LogP contribution in [0.15, 0.2) is 30.3 Å². The predicted molar refractivity (Wildman–Crippen MR) is 128 cm³/mol. The lowest BCUT2D eigenvalue weighted by Crippen LogP contribution is -2.38. The Bertz CT molecular complexity index is 926. The molecule has 164 valence electrons. The van der Waals surface area contributed by atoms with Gasteiger partial charge in [0.25, 0.3) is 0 Å². The molecular formula is C23H30N6OS. The second-order valence-electron chi connectivity index (χ2n) is 8.53. The zero-order valence-corrected chi connectivity index (χ0v) is 18.7. The van der Waals surface area contributed by atoms with Crippen molar-refractivity contribution in [1.82, 2.24) is 15.3 Å². The van der Waals surface area contributed by atoms with Gasteiger partial charge in [-0.05, 0) is 42.6 Å². The van der Waals surface area contributed by atoms with E-state index in [1.54, 1.807) is 0 Å². The van der Waals surface area contributed by atoms with Gasteiger partial charge in [-0.25, -0.2) is 0 Å². The van der Waals surface area contributed by atoms with E-state index in [-0.39, 0.29) is 0 Å². The summed E-state index contributed by atoms with van der Waals surface area (Å²) in [5.41, 5.74) is 2.80. The first-order valence-corrected chi connectivity index (χ1v) is 11.8. The first kappa shape index (κ1) is 20.5. The van der Waals surface area contributed by atoms with E-state index in [1.165, 1.54) is 36.8 Å². The highest BCUT2D eigenvalue weighted by Gasteiger charge is 2.22. The number of benzene rings is 1. The average Bonchev–Trinajstić information content (AvgIpc) is 3.32. The molecule has 2 aliphatic heterocycles. The molecule has 3 heterocycles. The predicted octanol–water partition coefficient (Wildman–Crippen LogP) is 3.10. The molecule has 5 rings (SSSR count). The number of nitrogens with one attached hydrogen (secondary N) is 2. The largest absolute Gasteiger partial charge is 0.378 e. The Balaban J connectivity index is 1.38. The lowest BCUT2D eigenvalue weighted by molar-refractivity contribution is 0.122. The van der Waals surface area contributed by atoms with E-state index in [1.807, 2.05) is 0 Å². The normalized spacial score (nSPS) is 19.2. The molecule has 0 spiro atoms. The van der Waals surface area contributed by atoms with E-state index in [0.717, 1.165) is 57.4 Å². The molecule has 31 heavy (non-hydrogen) atoms. The molecule has 7 nitrogen and oxygen atoms in total. The summed E-state index contributed by atoms with van der Waals surface area (Å²) >= 11 is 5.57. The zero-order chi connectivity index (χ0) is 21.0. The van der Waals surface area contributed by atoms with Crippen molar-refractivity contribution in [3.8, 4) is 0 Å². The summed E-state index contributed by atoms with van der Waals surface area (Å²) < 4.78 is 5.53. The van der Waals surface area contributed by atoms with Gasteiger partial charge in [-0.15, -0.1) is 0 Å². The Hall–Kier alpha value is -2.45. The number of thiocarbonyl (C=S) groups is 1. The number of anilines is 3. The van der Waals surface area contributed by atoms with Gasteiger partial charge in [0.05, 0.1) is 13.2 Å². The number of fused-ring (bicyclic) bond motifs is 1. The van der Waals surface area contributed by atoms with Crippen molar-refractivity contribution in [3.05, 3.63) is 41.5 Å². The van der Waals surface area contributed by atoms with Crippen LogP contribution in [-0.4, -0.2) is 54.0 Å². The quantitative estimate of drug-likeness (QED) is 0.706. The summed E-state index contributed by atoms with van der Waals surface area (Å²) in [5.74, 6) is 2.43. The average molecular weight is 439 g/mol. The van der Waals surface area contributed by atoms with Gasteiger partial charge in [0.2, 0.25) is 5.95 Å². The molecular weight excluding hydrogens is 408 g/mol. The van der Waals surface area contributed by atoms with Crippen LogP contribution in [-0.2, 0) is 17.7 Å². The molecule has 1 aromatic heterocycles. The van der Waals surface area contributed by atoms with Gasteiger partial charge in [-0.2, -0.15) is 9.97 Å². The molecule has 3 aliphatic rings. The Morgan fingerprint density at radius 1 is 0.968 bits per heavy atom. The van der Waals surface area contributed by atoms with Gasteiger partial charge in [-0.1, -0.05) is 37.1 Å². The highest BCUT2D eigenvalue weighted by molar-refractivity contribution is 7.80. The fourth-order valence-corrected chi connectivity index (χ4v) is 4.94. The molecule has 0 amide bonds. The van der Waals surface area contributed by atoms with Crippen LogP contribution in [0, 0.1) is 0 Å².